The van der Waals surface area contributed by atoms with E-state index in [-0.39, 0.29) is 6.61 Å². The van der Waals surface area contributed by atoms with Crippen LogP contribution >= 0.6 is 0 Å². The largest absolute Gasteiger partial charge is 0.671 e. The standard InChI is InChI=1S/C12H28O4Si/c1-2-3-4-5-6-7-8-9-10-11-12-16-17(13,14)15/h13-15H,2-12H2,1H3. The second-order valence-corrected chi connectivity index (χ2v) is 6.04. The van der Waals surface area contributed by atoms with Crippen LogP contribution in [-0.4, -0.2) is 30.0 Å². The summed E-state index contributed by atoms with van der Waals surface area (Å²) in [5.74, 6) is 0. The van der Waals surface area contributed by atoms with Crippen LogP contribution in [0.25, 0.3) is 0 Å². The van der Waals surface area contributed by atoms with Gasteiger partial charge in [-0.05, 0) is 6.42 Å². The fourth-order valence-corrected chi connectivity index (χ4v) is 2.22. The van der Waals surface area contributed by atoms with Crippen LogP contribution < -0.4 is 0 Å². The van der Waals surface area contributed by atoms with Crippen LogP contribution in [0.3, 0.4) is 0 Å². The SMILES string of the molecule is CCCCCCCCCCCCO[Si](O)(O)O. The highest BCUT2D eigenvalue weighted by molar-refractivity contribution is 6.48. The molecule has 0 fully saturated rings. The van der Waals surface area contributed by atoms with Crippen molar-refractivity contribution in [2.24, 2.45) is 0 Å². The molecule has 3 N–H and O–H groups in total. The number of rotatable bonds is 12. The molecule has 4 nitrogen and oxygen atoms in total. The van der Waals surface area contributed by atoms with E-state index in [1.807, 2.05) is 0 Å². The van der Waals surface area contributed by atoms with E-state index in [4.69, 9.17) is 14.4 Å². The van der Waals surface area contributed by atoms with Gasteiger partial charge in [0.25, 0.3) is 0 Å². The van der Waals surface area contributed by atoms with E-state index < -0.39 is 9.05 Å². The van der Waals surface area contributed by atoms with Crippen molar-refractivity contribution in [2.45, 2.75) is 71.1 Å². The summed E-state index contributed by atoms with van der Waals surface area (Å²) in [4.78, 5) is 25.8. The number of hydrogen-bond acceptors (Lipinski definition) is 4. The summed E-state index contributed by atoms with van der Waals surface area (Å²) in [6.07, 6.45) is 12.2. The Balaban J connectivity index is 2.99. The van der Waals surface area contributed by atoms with E-state index in [0.29, 0.717) is 0 Å². The summed E-state index contributed by atoms with van der Waals surface area (Å²) in [6.45, 7) is 2.47. The predicted octanol–water partition coefficient (Wildman–Crippen LogP) is 2.34. The zero-order chi connectivity index (χ0) is 13.0. The van der Waals surface area contributed by atoms with Gasteiger partial charge in [0, 0.05) is 6.61 Å². The van der Waals surface area contributed by atoms with E-state index in [9.17, 15) is 0 Å². The summed E-state index contributed by atoms with van der Waals surface area (Å²) in [5.41, 5.74) is 0. The molecule has 5 heteroatoms. The van der Waals surface area contributed by atoms with Crippen molar-refractivity contribution in [3.05, 3.63) is 0 Å². The van der Waals surface area contributed by atoms with Crippen LogP contribution in [0.2, 0.25) is 0 Å². The molecule has 0 saturated heterocycles. The van der Waals surface area contributed by atoms with E-state index in [0.717, 1.165) is 19.3 Å². The highest BCUT2D eigenvalue weighted by atomic mass is 28.4. The number of unbranched alkanes of at least 4 members (excludes halogenated alkanes) is 9. The molecule has 0 aromatic carbocycles. The summed E-state index contributed by atoms with van der Waals surface area (Å²) in [5, 5.41) is 0. The first-order valence-corrected chi connectivity index (χ1v) is 8.62. The molecule has 0 radical (unpaired) electrons. The second-order valence-electron chi connectivity index (χ2n) is 4.60. The van der Waals surface area contributed by atoms with Gasteiger partial charge in [-0.1, -0.05) is 64.7 Å². The topological polar surface area (TPSA) is 69.9 Å². The fourth-order valence-electron chi connectivity index (χ4n) is 1.80. The van der Waals surface area contributed by atoms with Crippen LogP contribution in [0.4, 0.5) is 0 Å². The predicted molar refractivity (Wildman–Crippen MR) is 70.2 cm³/mol. The van der Waals surface area contributed by atoms with Gasteiger partial charge in [-0.25, -0.2) is 0 Å². The Morgan fingerprint density at radius 3 is 1.53 bits per heavy atom. The molecule has 0 amide bonds. The van der Waals surface area contributed by atoms with E-state index in [1.165, 1.54) is 44.9 Å². The molecule has 0 spiro atoms. The Morgan fingerprint density at radius 1 is 0.706 bits per heavy atom. The molecule has 0 aliphatic heterocycles. The lowest BCUT2D eigenvalue weighted by molar-refractivity contribution is 0.0618. The first kappa shape index (κ1) is 17.1. The summed E-state index contributed by atoms with van der Waals surface area (Å²) in [7, 11) is -4.25. The third kappa shape index (κ3) is 16.1. The molecule has 0 heterocycles. The first-order valence-electron chi connectivity index (χ1n) is 6.87. The van der Waals surface area contributed by atoms with Crippen LogP contribution in [0.5, 0.6) is 0 Å². The zero-order valence-electron chi connectivity index (χ0n) is 11.0. The quantitative estimate of drug-likeness (QED) is 0.374. The fraction of sp³-hybridized carbons (Fsp3) is 1.00. The first-order chi connectivity index (χ1) is 8.06. The van der Waals surface area contributed by atoms with E-state index >= 15 is 0 Å². The van der Waals surface area contributed by atoms with Crippen molar-refractivity contribution in [1.82, 2.24) is 0 Å². The third-order valence-corrected chi connectivity index (χ3v) is 3.39. The molecule has 0 bridgehead atoms. The second kappa shape index (κ2) is 11.2. The van der Waals surface area contributed by atoms with Gasteiger partial charge in [-0.15, -0.1) is 0 Å². The Morgan fingerprint density at radius 2 is 1.12 bits per heavy atom. The highest BCUT2D eigenvalue weighted by Crippen LogP contribution is 2.10. The lowest BCUT2D eigenvalue weighted by Gasteiger charge is -2.09. The van der Waals surface area contributed by atoms with Gasteiger partial charge in [0.05, 0.1) is 0 Å². The Hall–Kier alpha value is 0.0569. The molecule has 0 rings (SSSR count). The molecule has 0 aliphatic carbocycles. The molecule has 0 atom stereocenters. The molecule has 0 saturated carbocycles. The lowest BCUT2D eigenvalue weighted by Crippen LogP contribution is -2.39. The molecule has 0 unspecified atom stereocenters. The maximum atomic E-state index is 8.59. The smallest absolute Gasteiger partial charge is 0.368 e. The maximum absolute atomic E-state index is 8.59. The van der Waals surface area contributed by atoms with Crippen molar-refractivity contribution in [3.8, 4) is 0 Å². The van der Waals surface area contributed by atoms with Gasteiger partial charge in [-0.3, -0.25) is 0 Å². The third-order valence-electron chi connectivity index (χ3n) is 2.79. The highest BCUT2D eigenvalue weighted by Gasteiger charge is 2.29. The molecule has 17 heavy (non-hydrogen) atoms. The molecule has 0 aliphatic rings. The normalized spacial score (nSPS) is 12.0. The Bertz CT molecular complexity index is 159. The lowest BCUT2D eigenvalue weighted by atomic mass is 10.1. The van der Waals surface area contributed by atoms with Crippen molar-refractivity contribution >= 4 is 9.05 Å². The van der Waals surface area contributed by atoms with Gasteiger partial charge in [0.15, 0.2) is 0 Å². The molecule has 0 aromatic heterocycles. The maximum Gasteiger partial charge on any atom is 0.671 e. The van der Waals surface area contributed by atoms with Crippen LogP contribution in [0.15, 0.2) is 0 Å². The van der Waals surface area contributed by atoms with Gasteiger partial charge in [0.2, 0.25) is 0 Å². The van der Waals surface area contributed by atoms with Crippen molar-refractivity contribution in [3.63, 3.8) is 0 Å². The van der Waals surface area contributed by atoms with E-state index in [1.54, 1.807) is 0 Å². The Kier molecular flexibility index (Phi) is 11.2. The minimum Gasteiger partial charge on any atom is -0.368 e. The number of hydrogen-bond donors (Lipinski definition) is 3. The molecule has 0 aromatic rings. The van der Waals surface area contributed by atoms with Gasteiger partial charge in [0.1, 0.15) is 0 Å². The van der Waals surface area contributed by atoms with Crippen molar-refractivity contribution < 1.29 is 18.8 Å². The van der Waals surface area contributed by atoms with Gasteiger partial charge in [-0.2, -0.15) is 0 Å². The van der Waals surface area contributed by atoms with Crippen LogP contribution in [0.1, 0.15) is 71.1 Å². The Labute approximate surface area is 106 Å². The van der Waals surface area contributed by atoms with Gasteiger partial charge < -0.3 is 18.8 Å². The minimum atomic E-state index is -4.25. The average Bonchev–Trinajstić information content (AvgIpc) is 2.24. The summed E-state index contributed by atoms with van der Waals surface area (Å²) < 4.78 is 4.51. The summed E-state index contributed by atoms with van der Waals surface area (Å²) >= 11 is 0. The summed E-state index contributed by atoms with van der Waals surface area (Å²) in [6, 6.07) is 0. The van der Waals surface area contributed by atoms with E-state index in [2.05, 4.69) is 11.3 Å². The van der Waals surface area contributed by atoms with Crippen molar-refractivity contribution in [1.29, 1.82) is 0 Å². The average molecular weight is 264 g/mol. The van der Waals surface area contributed by atoms with Crippen LogP contribution in [-0.2, 0) is 4.43 Å². The molecular weight excluding hydrogens is 236 g/mol. The molecular formula is C12H28O4Si. The molecule has 104 valence electrons. The van der Waals surface area contributed by atoms with Gasteiger partial charge >= 0.3 is 9.05 Å². The monoisotopic (exact) mass is 264 g/mol. The zero-order valence-corrected chi connectivity index (χ0v) is 12.0. The minimum absolute atomic E-state index is 0.242. The van der Waals surface area contributed by atoms with Crippen LogP contribution in [0, 0.1) is 0 Å². The van der Waals surface area contributed by atoms with Crippen molar-refractivity contribution in [2.75, 3.05) is 6.61 Å².